The Balaban J connectivity index is 2.19. The fraction of sp³-hybridized carbons (Fsp3) is 0.167. The predicted octanol–water partition coefficient (Wildman–Crippen LogP) is 2.51. The zero-order chi connectivity index (χ0) is 13.1. The molecule has 1 heterocycles. The molecule has 5 nitrogen and oxygen atoms in total. The SMILES string of the molecule is CCn1cc(Cl)c(C(=O)Nc2cccc(O)c2)n1. The monoisotopic (exact) mass is 265 g/mol. The third-order valence-corrected chi connectivity index (χ3v) is 2.64. The zero-order valence-corrected chi connectivity index (χ0v) is 10.5. The van der Waals surface area contributed by atoms with Crippen LogP contribution in [0.5, 0.6) is 5.75 Å². The Morgan fingerprint density at radius 1 is 1.56 bits per heavy atom. The Hall–Kier alpha value is -2.01. The van der Waals surface area contributed by atoms with Crippen LogP contribution in [0.15, 0.2) is 30.5 Å². The van der Waals surface area contributed by atoms with Crippen LogP contribution in [0.3, 0.4) is 0 Å². The maximum Gasteiger partial charge on any atom is 0.277 e. The number of carbonyl (C=O) groups is 1. The number of nitrogens with zero attached hydrogens (tertiary/aromatic N) is 2. The van der Waals surface area contributed by atoms with E-state index in [1.165, 1.54) is 12.1 Å². The molecule has 0 aliphatic heterocycles. The quantitative estimate of drug-likeness (QED) is 0.896. The summed E-state index contributed by atoms with van der Waals surface area (Å²) >= 11 is 5.92. The molecule has 0 bridgehead atoms. The first-order chi connectivity index (χ1) is 8.60. The highest BCUT2D eigenvalue weighted by Crippen LogP contribution is 2.18. The van der Waals surface area contributed by atoms with Crippen LogP contribution in [0.1, 0.15) is 17.4 Å². The summed E-state index contributed by atoms with van der Waals surface area (Å²) in [5, 5.41) is 16.3. The number of aryl methyl sites for hydroxylation is 1. The molecule has 94 valence electrons. The summed E-state index contributed by atoms with van der Waals surface area (Å²) in [4.78, 5) is 11.9. The van der Waals surface area contributed by atoms with Gasteiger partial charge in [0, 0.05) is 24.5 Å². The predicted molar refractivity (Wildman–Crippen MR) is 69.0 cm³/mol. The Morgan fingerprint density at radius 2 is 2.33 bits per heavy atom. The molecule has 6 heteroatoms. The zero-order valence-electron chi connectivity index (χ0n) is 9.72. The lowest BCUT2D eigenvalue weighted by Crippen LogP contribution is -2.13. The Labute approximate surface area is 109 Å². The molecule has 0 radical (unpaired) electrons. The number of hydrogen-bond acceptors (Lipinski definition) is 3. The van der Waals surface area contributed by atoms with E-state index in [2.05, 4.69) is 10.4 Å². The lowest BCUT2D eigenvalue weighted by molar-refractivity contribution is 0.102. The Bertz CT molecular complexity index is 580. The summed E-state index contributed by atoms with van der Waals surface area (Å²) in [6.07, 6.45) is 1.60. The van der Waals surface area contributed by atoms with Crippen molar-refractivity contribution in [2.75, 3.05) is 5.32 Å². The molecule has 0 unspecified atom stereocenters. The van der Waals surface area contributed by atoms with Gasteiger partial charge in [-0.25, -0.2) is 0 Å². The largest absolute Gasteiger partial charge is 0.508 e. The topological polar surface area (TPSA) is 67.2 Å². The van der Waals surface area contributed by atoms with Crippen LogP contribution in [0.4, 0.5) is 5.69 Å². The summed E-state index contributed by atoms with van der Waals surface area (Å²) in [6, 6.07) is 6.27. The van der Waals surface area contributed by atoms with Gasteiger partial charge in [0.1, 0.15) is 5.75 Å². The van der Waals surface area contributed by atoms with E-state index < -0.39 is 5.91 Å². The second kappa shape index (κ2) is 5.10. The Morgan fingerprint density at radius 3 is 2.94 bits per heavy atom. The highest BCUT2D eigenvalue weighted by Gasteiger charge is 2.15. The number of benzene rings is 1. The molecule has 0 spiro atoms. The van der Waals surface area contributed by atoms with E-state index in [-0.39, 0.29) is 11.4 Å². The van der Waals surface area contributed by atoms with E-state index in [4.69, 9.17) is 11.6 Å². The van der Waals surface area contributed by atoms with E-state index in [9.17, 15) is 9.90 Å². The van der Waals surface area contributed by atoms with Gasteiger partial charge in [0.05, 0.1) is 5.02 Å². The minimum absolute atomic E-state index is 0.0815. The molecule has 2 rings (SSSR count). The van der Waals surface area contributed by atoms with E-state index in [1.807, 2.05) is 6.92 Å². The fourth-order valence-corrected chi connectivity index (χ4v) is 1.72. The first-order valence-corrected chi connectivity index (χ1v) is 5.81. The minimum atomic E-state index is -0.405. The van der Waals surface area contributed by atoms with E-state index in [0.29, 0.717) is 17.3 Å². The molecule has 2 aromatic rings. The third kappa shape index (κ3) is 2.62. The van der Waals surface area contributed by atoms with Gasteiger partial charge in [-0.05, 0) is 19.1 Å². The molecule has 0 fully saturated rings. The molecule has 0 aliphatic rings. The molecule has 2 N–H and O–H groups in total. The molecule has 0 saturated heterocycles. The van der Waals surface area contributed by atoms with Crippen LogP contribution in [0.2, 0.25) is 5.02 Å². The molecule has 1 aromatic carbocycles. The molecule has 0 atom stereocenters. The van der Waals surface area contributed by atoms with Gasteiger partial charge in [0.2, 0.25) is 0 Å². The number of anilines is 1. The fourth-order valence-electron chi connectivity index (χ4n) is 1.49. The van der Waals surface area contributed by atoms with Gasteiger partial charge < -0.3 is 10.4 Å². The van der Waals surface area contributed by atoms with Gasteiger partial charge in [-0.3, -0.25) is 9.48 Å². The number of amides is 1. The van der Waals surface area contributed by atoms with Crippen molar-refractivity contribution in [1.82, 2.24) is 9.78 Å². The van der Waals surface area contributed by atoms with Crippen molar-refractivity contribution in [3.63, 3.8) is 0 Å². The van der Waals surface area contributed by atoms with Gasteiger partial charge in [0.25, 0.3) is 5.91 Å². The molecular weight excluding hydrogens is 254 g/mol. The van der Waals surface area contributed by atoms with Gasteiger partial charge in [-0.1, -0.05) is 17.7 Å². The minimum Gasteiger partial charge on any atom is -0.508 e. The maximum atomic E-state index is 11.9. The van der Waals surface area contributed by atoms with Crippen molar-refractivity contribution in [3.05, 3.63) is 41.2 Å². The number of hydrogen-bond donors (Lipinski definition) is 2. The van der Waals surface area contributed by atoms with E-state index in [1.54, 1.807) is 23.0 Å². The van der Waals surface area contributed by atoms with Crippen LogP contribution in [0.25, 0.3) is 0 Å². The number of aromatic nitrogens is 2. The smallest absolute Gasteiger partial charge is 0.277 e. The van der Waals surface area contributed by atoms with Crippen LogP contribution in [-0.4, -0.2) is 20.8 Å². The van der Waals surface area contributed by atoms with E-state index >= 15 is 0 Å². The number of nitrogens with one attached hydrogen (secondary N) is 1. The highest BCUT2D eigenvalue weighted by atomic mass is 35.5. The number of halogens is 1. The second-order valence-corrected chi connectivity index (χ2v) is 4.09. The molecule has 1 amide bonds. The first kappa shape index (κ1) is 12.4. The lowest BCUT2D eigenvalue weighted by atomic mass is 10.3. The second-order valence-electron chi connectivity index (χ2n) is 3.69. The highest BCUT2D eigenvalue weighted by molar-refractivity contribution is 6.34. The summed E-state index contributed by atoms with van der Waals surface area (Å²) in [7, 11) is 0. The van der Waals surface area contributed by atoms with Crippen LogP contribution in [0, 0.1) is 0 Å². The summed E-state index contributed by atoms with van der Waals surface area (Å²) in [5.41, 5.74) is 0.656. The number of carbonyl (C=O) groups excluding carboxylic acids is 1. The Kier molecular flexibility index (Phi) is 3.53. The van der Waals surface area contributed by atoms with Crippen molar-refractivity contribution in [1.29, 1.82) is 0 Å². The summed E-state index contributed by atoms with van der Waals surface area (Å²) < 4.78 is 1.58. The summed E-state index contributed by atoms with van der Waals surface area (Å²) in [5.74, 6) is -0.323. The number of phenolic OH excluding ortho intramolecular Hbond substituents is 1. The van der Waals surface area contributed by atoms with Crippen LogP contribution in [-0.2, 0) is 6.54 Å². The standard InChI is InChI=1S/C12H12ClN3O2/c1-2-16-7-10(13)11(15-16)12(18)14-8-4-3-5-9(17)6-8/h3-7,17H,2H2,1H3,(H,14,18). The van der Waals surface area contributed by atoms with E-state index in [0.717, 1.165) is 0 Å². The number of aromatic hydroxyl groups is 1. The van der Waals surface area contributed by atoms with Gasteiger partial charge in [-0.2, -0.15) is 5.10 Å². The van der Waals surface area contributed by atoms with Crippen LogP contribution >= 0.6 is 11.6 Å². The first-order valence-electron chi connectivity index (χ1n) is 5.43. The van der Waals surface area contributed by atoms with Crippen molar-refractivity contribution < 1.29 is 9.90 Å². The molecule has 18 heavy (non-hydrogen) atoms. The van der Waals surface area contributed by atoms with Crippen LogP contribution < -0.4 is 5.32 Å². The van der Waals surface area contributed by atoms with Crippen molar-refractivity contribution in [2.45, 2.75) is 13.5 Å². The van der Waals surface area contributed by atoms with Gasteiger partial charge in [0.15, 0.2) is 5.69 Å². The van der Waals surface area contributed by atoms with Crippen molar-refractivity contribution in [3.8, 4) is 5.75 Å². The van der Waals surface area contributed by atoms with Gasteiger partial charge in [-0.15, -0.1) is 0 Å². The number of phenols is 1. The van der Waals surface area contributed by atoms with Gasteiger partial charge >= 0.3 is 0 Å². The molecule has 1 aromatic heterocycles. The number of rotatable bonds is 3. The lowest BCUT2D eigenvalue weighted by Gasteiger charge is -2.03. The van der Waals surface area contributed by atoms with Crippen molar-refractivity contribution in [2.24, 2.45) is 0 Å². The van der Waals surface area contributed by atoms with Crippen molar-refractivity contribution >= 4 is 23.2 Å². The average molecular weight is 266 g/mol. The molecular formula is C12H12ClN3O2. The average Bonchev–Trinajstić information content (AvgIpc) is 2.70. The molecule has 0 saturated carbocycles. The summed E-state index contributed by atoms with van der Waals surface area (Å²) in [6.45, 7) is 2.54. The maximum absolute atomic E-state index is 11.9. The normalized spacial score (nSPS) is 10.3. The molecule has 0 aliphatic carbocycles. The third-order valence-electron chi connectivity index (χ3n) is 2.36.